The second-order valence-electron chi connectivity index (χ2n) is 4.69. The maximum absolute atomic E-state index is 12.2. The number of sulfone groups is 1. The van der Waals surface area contributed by atoms with E-state index in [9.17, 15) is 13.2 Å². The highest BCUT2D eigenvalue weighted by Gasteiger charge is 2.31. The summed E-state index contributed by atoms with van der Waals surface area (Å²) in [5.41, 5.74) is 1.07. The summed E-state index contributed by atoms with van der Waals surface area (Å²) in [5, 5.41) is 8.98. The van der Waals surface area contributed by atoms with Crippen molar-refractivity contribution >= 4 is 9.84 Å². The zero-order chi connectivity index (χ0) is 13.5. The van der Waals surface area contributed by atoms with Crippen LogP contribution in [0.2, 0.25) is 0 Å². The number of aromatic nitrogens is 1. The monoisotopic (exact) mass is 266 g/mol. The first-order valence-electron chi connectivity index (χ1n) is 5.69. The summed E-state index contributed by atoms with van der Waals surface area (Å²) in [6.45, 7) is 3.48. The molecular formula is C12H14N2O3S. The van der Waals surface area contributed by atoms with Gasteiger partial charge in [-0.3, -0.25) is 4.79 Å². The lowest BCUT2D eigenvalue weighted by atomic mass is 10.1. The first kappa shape index (κ1) is 12.8. The SMILES string of the molecule is Cc1cc(C)n(C2CCS(=O)(=O)C2)c(=O)c1C#N. The summed E-state index contributed by atoms with van der Waals surface area (Å²) in [6, 6.07) is 3.31. The molecule has 2 rings (SSSR count). The molecule has 1 unspecified atom stereocenters. The third-order valence-electron chi connectivity index (χ3n) is 3.32. The molecule has 1 aromatic rings. The molecule has 5 nitrogen and oxygen atoms in total. The van der Waals surface area contributed by atoms with Crippen LogP contribution in [-0.4, -0.2) is 24.5 Å². The lowest BCUT2D eigenvalue weighted by molar-refractivity contribution is 0.524. The Morgan fingerprint density at radius 3 is 2.61 bits per heavy atom. The van der Waals surface area contributed by atoms with Crippen LogP contribution in [-0.2, 0) is 9.84 Å². The average molecular weight is 266 g/mol. The van der Waals surface area contributed by atoms with Gasteiger partial charge in [0.05, 0.1) is 17.5 Å². The maximum Gasteiger partial charge on any atom is 0.269 e. The Bertz CT molecular complexity index is 695. The van der Waals surface area contributed by atoms with Gasteiger partial charge >= 0.3 is 0 Å². The molecule has 0 N–H and O–H groups in total. The topological polar surface area (TPSA) is 79.9 Å². The first-order valence-corrected chi connectivity index (χ1v) is 7.51. The Morgan fingerprint density at radius 2 is 2.11 bits per heavy atom. The van der Waals surface area contributed by atoms with E-state index in [-0.39, 0.29) is 28.7 Å². The van der Waals surface area contributed by atoms with Crippen molar-refractivity contribution in [1.29, 1.82) is 5.26 Å². The molecule has 0 radical (unpaired) electrons. The van der Waals surface area contributed by atoms with Gasteiger partial charge < -0.3 is 4.57 Å². The highest BCUT2D eigenvalue weighted by Crippen LogP contribution is 2.24. The number of hydrogen-bond donors (Lipinski definition) is 0. The average Bonchev–Trinajstić information content (AvgIpc) is 2.58. The molecular weight excluding hydrogens is 252 g/mol. The molecule has 1 aliphatic heterocycles. The Balaban J connectivity index is 2.60. The quantitative estimate of drug-likeness (QED) is 0.749. The second-order valence-corrected chi connectivity index (χ2v) is 6.92. The number of aryl methyl sites for hydroxylation is 2. The highest BCUT2D eigenvalue weighted by atomic mass is 32.2. The van der Waals surface area contributed by atoms with E-state index in [1.165, 1.54) is 4.57 Å². The molecule has 6 heteroatoms. The Kier molecular flexibility index (Phi) is 3.03. The summed E-state index contributed by atoms with van der Waals surface area (Å²) in [6.07, 6.45) is 0.441. The number of hydrogen-bond acceptors (Lipinski definition) is 4. The fourth-order valence-electron chi connectivity index (χ4n) is 2.47. The van der Waals surface area contributed by atoms with Gasteiger partial charge in [-0.15, -0.1) is 0 Å². The van der Waals surface area contributed by atoms with Gasteiger partial charge in [0.1, 0.15) is 11.6 Å². The van der Waals surface area contributed by atoms with Gasteiger partial charge in [0.15, 0.2) is 9.84 Å². The van der Waals surface area contributed by atoms with E-state index in [0.29, 0.717) is 17.7 Å². The van der Waals surface area contributed by atoms with Crippen molar-refractivity contribution in [3.05, 3.63) is 33.2 Å². The van der Waals surface area contributed by atoms with Crippen LogP contribution in [0.1, 0.15) is 29.3 Å². The van der Waals surface area contributed by atoms with E-state index in [4.69, 9.17) is 5.26 Å². The van der Waals surface area contributed by atoms with Gasteiger partial charge in [0.2, 0.25) is 0 Å². The maximum atomic E-state index is 12.2. The van der Waals surface area contributed by atoms with Crippen molar-refractivity contribution in [1.82, 2.24) is 4.57 Å². The van der Waals surface area contributed by atoms with E-state index in [2.05, 4.69) is 0 Å². The van der Waals surface area contributed by atoms with Crippen molar-refractivity contribution in [2.75, 3.05) is 11.5 Å². The van der Waals surface area contributed by atoms with Crippen molar-refractivity contribution < 1.29 is 8.42 Å². The standard InChI is InChI=1S/C12H14N2O3S/c1-8-5-9(2)14(12(15)11(8)6-13)10-3-4-18(16,17)7-10/h5,10H,3-4,7H2,1-2H3. The molecule has 0 saturated carbocycles. The molecule has 1 aliphatic rings. The van der Waals surface area contributed by atoms with E-state index < -0.39 is 9.84 Å². The van der Waals surface area contributed by atoms with Crippen LogP contribution in [0.4, 0.5) is 0 Å². The smallest absolute Gasteiger partial charge is 0.269 e. The van der Waals surface area contributed by atoms with E-state index in [1.807, 2.05) is 6.07 Å². The largest absolute Gasteiger partial charge is 0.308 e. The molecule has 0 spiro atoms. The molecule has 18 heavy (non-hydrogen) atoms. The number of nitrogens with zero attached hydrogens (tertiary/aromatic N) is 2. The van der Waals surface area contributed by atoms with Gasteiger partial charge in [-0.1, -0.05) is 0 Å². The van der Waals surface area contributed by atoms with E-state index >= 15 is 0 Å². The Hall–Kier alpha value is -1.61. The molecule has 2 heterocycles. The van der Waals surface area contributed by atoms with Crippen molar-refractivity contribution in [3.8, 4) is 6.07 Å². The molecule has 1 fully saturated rings. The summed E-state index contributed by atoms with van der Waals surface area (Å²) in [5.74, 6) is 0.0982. The van der Waals surface area contributed by atoms with Gasteiger partial charge in [0.25, 0.3) is 5.56 Å². The van der Waals surface area contributed by atoms with Gasteiger partial charge in [-0.05, 0) is 31.9 Å². The van der Waals surface area contributed by atoms with Crippen molar-refractivity contribution in [2.45, 2.75) is 26.3 Å². The lowest BCUT2D eigenvalue weighted by Crippen LogP contribution is -2.30. The summed E-state index contributed by atoms with van der Waals surface area (Å²) >= 11 is 0. The van der Waals surface area contributed by atoms with Gasteiger partial charge in [-0.25, -0.2) is 8.42 Å². The molecule has 0 aromatic carbocycles. The molecule has 1 saturated heterocycles. The fraction of sp³-hybridized carbons (Fsp3) is 0.500. The predicted molar refractivity (Wildman–Crippen MR) is 67.2 cm³/mol. The summed E-state index contributed by atoms with van der Waals surface area (Å²) < 4.78 is 24.4. The van der Waals surface area contributed by atoms with E-state index in [1.54, 1.807) is 19.9 Å². The third-order valence-corrected chi connectivity index (χ3v) is 5.07. The van der Waals surface area contributed by atoms with Crippen LogP contribution in [0.15, 0.2) is 10.9 Å². The van der Waals surface area contributed by atoms with Crippen LogP contribution in [0.5, 0.6) is 0 Å². The van der Waals surface area contributed by atoms with Crippen LogP contribution < -0.4 is 5.56 Å². The minimum absolute atomic E-state index is 0.0122. The first-order chi connectivity index (χ1) is 8.35. The number of nitriles is 1. The minimum atomic E-state index is -3.05. The summed E-state index contributed by atoms with van der Waals surface area (Å²) in [4.78, 5) is 12.2. The van der Waals surface area contributed by atoms with Gasteiger partial charge in [-0.2, -0.15) is 5.26 Å². The van der Waals surface area contributed by atoms with Crippen LogP contribution >= 0.6 is 0 Å². The van der Waals surface area contributed by atoms with Crippen molar-refractivity contribution in [2.24, 2.45) is 0 Å². The highest BCUT2D eigenvalue weighted by molar-refractivity contribution is 7.91. The molecule has 0 aliphatic carbocycles. The van der Waals surface area contributed by atoms with Crippen LogP contribution in [0.25, 0.3) is 0 Å². The van der Waals surface area contributed by atoms with Crippen LogP contribution in [0, 0.1) is 25.2 Å². The zero-order valence-electron chi connectivity index (χ0n) is 10.3. The molecule has 96 valence electrons. The predicted octanol–water partition coefficient (Wildman–Crippen LogP) is 0.696. The molecule has 0 bridgehead atoms. The summed E-state index contributed by atoms with van der Waals surface area (Å²) in [7, 11) is -3.05. The fourth-order valence-corrected chi connectivity index (χ4v) is 4.17. The van der Waals surface area contributed by atoms with Crippen LogP contribution in [0.3, 0.4) is 0 Å². The third kappa shape index (κ3) is 2.06. The Labute approximate surface area is 106 Å². The minimum Gasteiger partial charge on any atom is -0.308 e. The molecule has 0 amide bonds. The lowest BCUT2D eigenvalue weighted by Gasteiger charge is -2.17. The molecule has 1 aromatic heterocycles. The Morgan fingerprint density at radius 1 is 1.44 bits per heavy atom. The normalized spacial score (nSPS) is 21.7. The van der Waals surface area contributed by atoms with Crippen molar-refractivity contribution in [3.63, 3.8) is 0 Å². The zero-order valence-corrected chi connectivity index (χ0v) is 11.1. The molecule has 1 atom stereocenters. The number of rotatable bonds is 1. The number of pyridine rings is 1. The van der Waals surface area contributed by atoms with E-state index in [0.717, 1.165) is 0 Å². The second kappa shape index (κ2) is 4.25. The van der Waals surface area contributed by atoms with Gasteiger partial charge in [0, 0.05) is 5.69 Å².